The number of nitro benzene ring substituents is 1. The molecule has 3 rings (SSSR count). The fraction of sp³-hybridized carbons (Fsp3) is 0.200. The van der Waals surface area contributed by atoms with Crippen molar-refractivity contribution in [2.24, 2.45) is 0 Å². The van der Waals surface area contributed by atoms with Crippen LogP contribution in [0.4, 0.5) is 5.69 Å². The summed E-state index contributed by atoms with van der Waals surface area (Å²) in [5.74, 6) is 1.16. The Balaban J connectivity index is 1.59. The topological polar surface area (TPSA) is 114 Å². The van der Waals surface area contributed by atoms with Crippen molar-refractivity contribution in [2.45, 2.75) is 13.0 Å². The van der Waals surface area contributed by atoms with E-state index in [9.17, 15) is 14.9 Å². The lowest BCUT2D eigenvalue weighted by molar-refractivity contribution is -0.384. The van der Waals surface area contributed by atoms with Crippen molar-refractivity contribution < 1.29 is 28.5 Å². The largest absolute Gasteiger partial charge is 0.493 e. The molecule has 150 valence electrons. The summed E-state index contributed by atoms with van der Waals surface area (Å²) in [5.41, 5.74) is 1.77. The van der Waals surface area contributed by atoms with Crippen molar-refractivity contribution in [2.75, 3.05) is 14.2 Å². The van der Waals surface area contributed by atoms with E-state index >= 15 is 0 Å². The van der Waals surface area contributed by atoms with Gasteiger partial charge in [-0.2, -0.15) is 0 Å². The van der Waals surface area contributed by atoms with Crippen LogP contribution in [0.1, 0.15) is 11.3 Å². The molecule has 3 aromatic rings. The molecule has 0 aliphatic rings. The molecule has 0 bridgehead atoms. The van der Waals surface area contributed by atoms with Gasteiger partial charge >= 0.3 is 5.97 Å². The molecule has 0 N–H and O–H groups in total. The van der Waals surface area contributed by atoms with Crippen LogP contribution in [0, 0.1) is 10.1 Å². The second-order valence-corrected chi connectivity index (χ2v) is 6.01. The van der Waals surface area contributed by atoms with Crippen LogP contribution in [0.3, 0.4) is 0 Å². The van der Waals surface area contributed by atoms with Gasteiger partial charge in [0, 0.05) is 23.8 Å². The predicted molar refractivity (Wildman–Crippen MR) is 102 cm³/mol. The maximum Gasteiger partial charge on any atom is 0.310 e. The SMILES string of the molecule is COc1ccc(-c2cc(COC(=O)Cc3ccc([N+](=O)[O-])cc3)no2)cc1OC. The van der Waals surface area contributed by atoms with Crippen molar-refractivity contribution in [3.63, 3.8) is 0 Å². The maximum atomic E-state index is 12.0. The zero-order valence-corrected chi connectivity index (χ0v) is 15.8. The molecule has 1 aromatic heterocycles. The first kappa shape index (κ1) is 19.9. The summed E-state index contributed by atoms with van der Waals surface area (Å²) in [6.45, 7) is -0.0530. The van der Waals surface area contributed by atoms with E-state index in [1.165, 1.54) is 31.4 Å². The molecule has 0 saturated carbocycles. The van der Waals surface area contributed by atoms with E-state index in [1.54, 1.807) is 31.4 Å². The summed E-state index contributed by atoms with van der Waals surface area (Å²) in [6.07, 6.45) is -0.00161. The van der Waals surface area contributed by atoms with Crippen LogP contribution < -0.4 is 9.47 Å². The molecule has 0 unspecified atom stereocenters. The number of nitro groups is 1. The van der Waals surface area contributed by atoms with Gasteiger partial charge in [0.25, 0.3) is 5.69 Å². The number of carbonyl (C=O) groups is 1. The first-order chi connectivity index (χ1) is 14.0. The zero-order valence-electron chi connectivity index (χ0n) is 15.8. The molecule has 0 amide bonds. The third-order valence-corrected chi connectivity index (χ3v) is 4.10. The van der Waals surface area contributed by atoms with Gasteiger partial charge in [-0.1, -0.05) is 17.3 Å². The molecular weight excluding hydrogens is 380 g/mol. The maximum absolute atomic E-state index is 12.0. The average Bonchev–Trinajstić information content (AvgIpc) is 3.21. The number of benzene rings is 2. The summed E-state index contributed by atoms with van der Waals surface area (Å²) in [4.78, 5) is 22.1. The Kier molecular flexibility index (Phi) is 6.08. The van der Waals surface area contributed by atoms with Gasteiger partial charge in [0.1, 0.15) is 12.3 Å². The molecule has 9 nitrogen and oxygen atoms in total. The minimum atomic E-state index is -0.497. The van der Waals surface area contributed by atoms with E-state index in [-0.39, 0.29) is 18.7 Å². The number of esters is 1. The number of hydrogen-bond donors (Lipinski definition) is 0. The molecule has 0 saturated heterocycles. The molecule has 0 aliphatic heterocycles. The van der Waals surface area contributed by atoms with Gasteiger partial charge in [0.2, 0.25) is 0 Å². The van der Waals surface area contributed by atoms with Gasteiger partial charge in [0.05, 0.1) is 25.6 Å². The molecule has 2 aromatic carbocycles. The van der Waals surface area contributed by atoms with Gasteiger partial charge in [-0.05, 0) is 23.8 Å². The molecular formula is C20H18N2O7. The highest BCUT2D eigenvalue weighted by Crippen LogP contribution is 2.32. The fourth-order valence-corrected chi connectivity index (χ4v) is 2.61. The highest BCUT2D eigenvalue weighted by molar-refractivity contribution is 5.72. The summed E-state index contributed by atoms with van der Waals surface area (Å²) in [5, 5.41) is 14.6. The molecule has 1 heterocycles. The third-order valence-electron chi connectivity index (χ3n) is 4.10. The Morgan fingerprint density at radius 2 is 1.79 bits per heavy atom. The first-order valence-electron chi connectivity index (χ1n) is 8.57. The smallest absolute Gasteiger partial charge is 0.310 e. The molecule has 0 fully saturated rings. The van der Waals surface area contributed by atoms with Gasteiger partial charge in [0.15, 0.2) is 17.3 Å². The number of aromatic nitrogens is 1. The van der Waals surface area contributed by atoms with Crippen LogP contribution in [0.15, 0.2) is 53.1 Å². The Morgan fingerprint density at radius 3 is 2.45 bits per heavy atom. The average molecular weight is 398 g/mol. The molecule has 29 heavy (non-hydrogen) atoms. The van der Waals surface area contributed by atoms with Crippen LogP contribution >= 0.6 is 0 Å². The van der Waals surface area contributed by atoms with Crippen LogP contribution in [0.25, 0.3) is 11.3 Å². The van der Waals surface area contributed by atoms with Crippen molar-refractivity contribution in [3.8, 4) is 22.8 Å². The van der Waals surface area contributed by atoms with Crippen molar-refractivity contribution >= 4 is 11.7 Å². The zero-order chi connectivity index (χ0) is 20.8. The lowest BCUT2D eigenvalue weighted by Gasteiger charge is -2.07. The Bertz CT molecular complexity index is 1010. The van der Waals surface area contributed by atoms with Crippen molar-refractivity contribution in [1.29, 1.82) is 0 Å². The van der Waals surface area contributed by atoms with E-state index in [2.05, 4.69) is 5.16 Å². The number of hydrogen-bond acceptors (Lipinski definition) is 8. The minimum Gasteiger partial charge on any atom is -0.493 e. The minimum absolute atomic E-state index is 0.00161. The van der Waals surface area contributed by atoms with Gasteiger partial charge in [-0.3, -0.25) is 14.9 Å². The Hall–Kier alpha value is -3.88. The van der Waals surface area contributed by atoms with E-state index in [1.807, 2.05) is 0 Å². The number of rotatable bonds is 8. The second kappa shape index (κ2) is 8.87. The van der Waals surface area contributed by atoms with Crippen LogP contribution in [0.2, 0.25) is 0 Å². The first-order valence-corrected chi connectivity index (χ1v) is 8.57. The number of methoxy groups -OCH3 is 2. The van der Waals surface area contributed by atoms with E-state index in [0.717, 1.165) is 5.56 Å². The Morgan fingerprint density at radius 1 is 1.07 bits per heavy atom. The highest BCUT2D eigenvalue weighted by Gasteiger charge is 2.13. The van der Waals surface area contributed by atoms with Crippen molar-refractivity contribution in [1.82, 2.24) is 5.16 Å². The van der Waals surface area contributed by atoms with Gasteiger partial charge in [-0.15, -0.1) is 0 Å². The Labute approximate surface area is 165 Å². The van der Waals surface area contributed by atoms with Crippen LogP contribution in [-0.2, 0) is 22.6 Å². The fourth-order valence-electron chi connectivity index (χ4n) is 2.61. The molecule has 0 spiro atoms. The van der Waals surface area contributed by atoms with Gasteiger partial charge < -0.3 is 18.7 Å². The van der Waals surface area contributed by atoms with E-state index < -0.39 is 10.9 Å². The summed E-state index contributed by atoms with van der Waals surface area (Å²) in [7, 11) is 3.09. The number of carbonyl (C=O) groups excluding carboxylic acids is 1. The molecule has 0 radical (unpaired) electrons. The van der Waals surface area contributed by atoms with Crippen molar-refractivity contribution in [3.05, 3.63) is 69.9 Å². The van der Waals surface area contributed by atoms with E-state index in [0.29, 0.717) is 28.5 Å². The standard InChI is InChI=1S/C20H18N2O7/c1-26-17-8-5-14(10-19(17)27-2)18-11-15(21-29-18)12-28-20(23)9-13-3-6-16(7-4-13)22(24)25/h3-8,10-11H,9,12H2,1-2H3. The summed E-state index contributed by atoms with van der Waals surface area (Å²) >= 11 is 0. The normalized spacial score (nSPS) is 10.4. The monoisotopic (exact) mass is 398 g/mol. The number of ether oxygens (including phenoxy) is 3. The molecule has 0 aliphatic carbocycles. The second-order valence-electron chi connectivity index (χ2n) is 6.01. The van der Waals surface area contributed by atoms with E-state index in [4.69, 9.17) is 18.7 Å². The summed E-state index contributed by atoms with van der Waals surface area (Å²) < 4.78 is 21.0. The highest BCUT2D eigenvalue weighted by atomic mass is 16.6. The lowest BCUT2D eigenvalue weighted by atomic mass is 10.1. The van der Waals surface area contributed by atoms with Crippen LogP contribution in [0.5, 0.6) is 11.5 Å². The van der Waals surface area contributed by atoms with Crippen LogP contribution in [-0.4, -0.2) is 30.3 Å². The quantitative estimate of drug-likeness (QED) is 0.321. The third kappa shape index (κ3) is 4.89. The van der Waals surface area contributed by atoms with Gasteiger partial charge in [-0.25, -0.2) is 0 Å². The molecule has 9 heteroatoms. The number of non-ortho nitro benzene ring substituents is 1. The number of nitrogens with zero attached hydrogens (tertiary/aromatic N) is 2. The molecule has 0 atom stereocenters. The summed E-state index contributed by atoms with van der Waals surface area (Å²) in [6, 6.07) is 12.7. The lowest BCUT2D eigenvalue weighted by Crippen LogP contribution is -2.08. The predicted octanol–water partition coefficient (Wildman–Crippen LogP) is 3.55.